The second kappa shape index (κ2) is 6.49. The van der Waals surface area contributed by atoms with Crippen LogP contribution in [0, 0.1) is 5.82 Å². The van der Waals surface area contributed by atoms with Gasteiger partial charge in [-0.2, -0.15) is 4.52 Å². The van der Waals surface area contributed by atoms with Gasteiger partial charge in [0, 0.05) is 5.69 Å². The molecule has 8 nitrogen and oxygen atoms in total. The first-order valence-corrected chi connectivity index (χ1v) is 7.37. The van der Waals surface area contributed by atoms with Crippen molar-refractivity contribution >= 4 is 23.2 Å². The van der Waals surface area contributed by atoms with Crippen LogP contribution in [0.25, 0.3) is 5.78 Å². The second-order valence-electron chi connectivity index (χ2n) is 5.10. The molecule has 0 radical (unpaired) electrons. The van der Waals surface area contributed by atoms with Crippen LogP contribution in [0.3, 0.4) is 0 Å². The Morgan fingerprint density at radius 1 is 1.38 bits per heavy atom. The van der Waals surface area contributed by atoms with E-state index in [9.17, 15) is 14.0 Å². The number of anilines is 2. The molecule has 24 heavy (non-hydrogen) atoms. The number of amides is 2. The van der Waals surface area contributed by atoms with E-state index in [1.165, 1.54) is 24.5 Å². The molecule has 9 heteroatoms. The summed E-state index contributed by atoms with van der Waals surface area (Å²) in [7, 11) is 0. The zero-order chi connectivity index (χ0) is 17.1. The van der Waals surface area contributed by atoms with Crippen LogP contribution in [0.5, 0.6) is 0 Å². The van der Waals surface area contributed by atoms with Gasteiger partial charge >= 0.3 is 6.03 Å². The molecule has 0 saturated heterocycles. The third-order valence-electron chi connectivity index (χ3n) is 3.32. The lowest BCUT2D eigenvalue weighted by Gasteiger charge is -2.10. The molecule has 124 valence electrons. The number of hydrogen-bond acceptors (Lipinski definition) is 4. The fourth-order valence-corrected chi connectivity index (χ4v) is 2.29. The number of H-pyrrole nitrogens is 1. The van der Waals surface area contributed by atoms with Gasteiger partial charge in [-0.3, -0.25) is 9.89 Å². The van der Waals surface area contributed by atoms with Gasteiger partial charge in [-0.05, 0) is 24.6 Å². The van der Waals surface area contributed by atoms with Crippen molar-refractivity contribution in [3.8, 4) is 0 Å². The third kappa shape index (κ3) is 3.09. The van der Waals surface area contributed by atoms with Gasteiger partial charge < -0.3 is 10.6 Å². The highest BCUT2D eigenvalue weighted by Crippen LogP contribution is 2.13. The number of benzene rings is 1. The number of hydrogen-bond donors (Lipinski definition) is 3. The maximum absolute atomic E-state index is 13.2. The van der Waals surface area contributed by atoms with Crippen LogP contribution in [-0.4, -0.2) is 25.6 Å². The number of carbonyl (C=O) groups excluding carboxylic acids is 1. The van der Waals surface area contributed by atoms with Crippen LogP contribution in [-0.2, 0) is 6.42 Å². The summed E-state index contributed by atoms with van der Waals surface area (Å²) >= 11 is 0. The van der Waals surface area contributed by atoms with Gasteiger partial charge in [0.25, 0.3) is 11.3 Å². The zero-order valence-electron chi connectivity index (χ0n) is 12.8. The third-order valence-corrected chi connectivity index (χ3v) is 3.32. The molecule has 0 spiro atoms. The number of aryl methyl sites for hydroxylation is 1. The summed E-state index contributed by atoms with van der Waals surface area (Å²) in [5.74, 6) is -0.236. The van der Waals surface area contributed by atoms with Crippen molar-refractivity contribution in [1.82, 2.24) is 19.6 Å². The highest BCUT2D eigenvalue weighted by molar-refractivity contribution is 6.00. The summed E-state index contributed by atoms with van der Waals surface area (Å²) in [5.41, 5.74) is 0.326. The number of urea groups is 1. The van der Waals surface area contributed by atoms with Crippen molar-refractivity contribution in [1.29, 1.82) is 0 Å². The number of rotatable bonds is 4. The van der Waals surface area contributed by atoms with E-state index >= 15 is 0 Å². The summed E-state index contributed by atoms with van der Waals surface area (Å²) in [5, 5.41) is 7.61. The number of halogens is 1. The van der Waals surface area contributed by atoms with Crippen LogP contribution in [0.4, 0.5) is 20.6 Å². The number of nitrogens with one attached hydrogen (secondary N) is 3. The topological polar surface area (TPSA) is 104 Å². The summed E-state index contributed by atoms with van der Waals surface area (Å²) in [6.45, 7) is 1.94. The van der Waals surface area contributed by atoms with Crippen molar-refractivity contribution in [3.05, 3.63) is 52.5 Å². The van der Waals surface area contributed by atoms with Gasteiger partial charge in [-0.15, -0.1) is 0 Å². The SMILES string of the molecule is CCCc1nc2nc[nH]n2c(=O)c1NC(=O)Nc1cccc(F)c1. The Morgan fingerprint density at radius 3 is 2.96 bits per heavy atom. The Bertz CT molecular complexity index is 949. The second-order valence-corrected chi connectivity index (χ2v) is 5.10. The number of fused-ring (bicyclic) bond motifs is 1. The van der Waals surface area contributed by atoms with E-state index in [0.717, 1.165) is 10.9 Å². The molecule has 3 N–H and O–H groups in total. The largest absolute Gasteiger partial charge is 0.323 e. The smallest absolute Gasteiger partial charge is 0.308 e. The van der Waals surface area contributed by atoms with E-state index in [1.807, 2.05) is 6.92 Å². The van der Waals surface area contributed by atoms with Crippen LogP contribution in [0.1, 0.15) is 19.0 Å². The molecule has 0 aliphatic heterocycles. The molecule has 0 aliphatic carbocycles. The Kier molecular flexibility index (Phi) is 4.23. The lowest BCUT2D eigenvalue weighted by Crippen LogP contribution is -2.28. The maximum atomic E-state index is 13.2. The molecule has 1 aromatic carbocycles. The molecular weight excluding hydrogens is 315 g/mol. The number of carbonyl (C=O) groups is 1. The quantitative estimate of drug-likeness (QED) is 0.682. The van der Waals surface area contributed by atoms with Crippen molar-refractivity contribution in [2.24, 2.45) is 0 Å². The number of aromatic amines is 1. The molecule has 2 amide bonds. The highest BCUT2D eigenvalue weighted by atomic mass is 19.1. The summed E-state index contributed by atoms with van der Waals surface area (Å²) < 4.78 is 14.3. The predicted octanol–water partition coefficient (Wildman–Crippen LogP) is 2.15. The van der Waals surface area contributed by atoms with E-state index < -0.39 is 17.4 Å². The van der Waals surface area contributed by atoms with Crippen molar-refractivity contribution in [2.75, 3.05) is 10.6 Å². The van der Waals surface area contributed by atoms with Crippen molar-refractivity contribution in [3.63, 3.8) is 0 Å². The molecule has 0 fully saturated rings. The van der Waals surface area contributed by atoms with Crippen LogP contribution in [0.15, 0.2) is 35.4 Å². The monoisotopic (exact) mass is 330 g/mol. The standard InChI is InChI=1S/C15H15FN6O2/c1-2-4-11-12(13(23)22-14(20-11)17-8-18-22)21-15(24)19-10-6-3-5-9(16)7-10/h3,5-8H,2,4H2,1H3,(H,17,18,20)(H2,19,21,24). The Morgan fingerprint density at radius 2 is 2.21 bits per heavy atom. The van der Waals surface area contributed by atoms with Gasteiger partial charge in [-0.25, -0.2) is 19.2 Å². The Labute approximate surface area is 135 Å². The average Bonchev–Trinajstić information content (AvgIpc) is 3.00. The van der Waals surface area contributed by atoms with Crippen LogP contribution >= 0.6 is 0 Å². The number of aromatic nitrogens is 4. The van der Waals surface area contributed by atoms with Gasteiger partial charge in [-0.1, -0.05) is 19.4 Å². The number of nitrogens with zero attached hydrogens (tertiary/aromatic N) is 3. The molecule has 3 aromatic rings. The normalized spacial score (nSPS) is 10.8. The molecule has 0 saturated carbocycles. The fraction of sp³-hybridized carbons (Fsp3) is 0.200. The maximum Gasteiger partial charge on any atom is 0.323 e. The first-order chi connectivity index (χ1) is 11.6. The lowest BCUT2D eigenvalue weighted by atomic mass is 10.2. The molecule has 2 aromatic heterocycles. The van der Waals surface area contributed by atoms with Gasteiger partial charge in [0.1, 0.15) is 17.8 Å². The van der Waals surface area contributed by atoms with Crippen LogP contribution in [0.2, 0.25) is 0 Å². The van der Waals surface area contributed by atoms with Gasteiger partial charge in [0.2, 0.25) is 0 Å². The van der Waals surface area contributed by atoms with E-state index in [-0.39, 0.29) is 17.2 Å². The molecule has 0 atom stereocenters. The molecule has 0 bridgehead atoms. The molecule has 0 unspecified atom stereocenters. The highest BCUT2D eigenvalue weighted by Gasteiger charge is 2.16. The van der Waals surface area contributed by atoms with E-state index in [0.29, 0.717) is 12.1 Å². The lowest BCUT2D eigenvalue weighted by molar-refractivity contribution is 0.262. The first kappa shape index (κ1) is 15.7. The predicted molar refractivity (Wildman–Crippen MR) is 86.6 cm³/mol. The minimum atomic E-state index is -0.656. The summed E-state index contributed by atoms with van der Waals surface area (Å²) in [4.78, 5) is 32.8. The molecular formula is C15H15FN6O2. The fourth-order valence-electron chi connectivity index (χ4n) is 2.29. The van der Waals surface area contributed by atoms with Crippen molar-refractivity contribution < 1.29 is 9.18 Å². The van der Waals surface area contributed by atoms with Gasteiger partial charge in [0.15, 0.2) is 0 Å². The van der Waals surface area contributed by atoms with Gasteiger partial charge in [0.05, 0.1) is 5.69 Å². The zero-order valence-corrected chi connectivity index (χ0v) is 12.8. The van der Waals surface area contributed by atoms with Crippen LogP contribution < -0.4 is 16.2 Å². The molecule has 2 heterocycles. The van der Waals surface area contributed by atoms with E-state index in [2.05, 4.69) is 25.7 Å². The molecule has 3 rings (SSSR count). The Hall–Kier alpha value is -3.23. The molecule has 0 aliphatic rings. The van der Waals surface area contributed by atoms with E-state index in [1.54, 1.807) is 6.07 Å². The first-order valence-electron chi connectivity index (χ1n) is 7.37. The minimum absolute atomic E-state index is 0.0625. The van der Waals surface area contributed by atoms with Crippen molar-refractivity contribution in [2.45, 2.75) is 19.8 Å². The summed E-state index contributed by atoms with van der Waals surface area (Å²) in [6.07, 6.45) is 2.59. The minimum Gasteiger partial charge on any atom is -0.308 e. The average molecular weight is 330 g/mol. The summed E-state index contributed by atoms with van der Waals surface area (Å²) in [6, 6.07) is 4.80. The Balaban J connectivity index is 1.90. The van der Waals surface area contributed by atoms with E-state index in [4.69, 9.17) is 0 Å².